The zero-order chi connectivity index (χ0) is 56.0. The fourth-order valence-electron chi connectivity index (χ4n) is 13.0. The number of phenols is 2. The van der Waals surface area contributed by atoms with E-state index in [1.165, 1.54) is 18.7 Å². The Morgan fingerprint density at radius 3 is 2.37 bits per heavy atom. The van der Waals surface area contributed by atoms with Gasteiger partial charge in [-0.15, -0.1) is 0 Å². The Hall–Kier alpha value is -6.14. The minimum absolute atomic E-state index is 0.0598. The molecule has 0 aliphatic carbocycles. The molecular formula is C61H80N6O11. The highest BCUT2D eigenvalue weighted by atomic mass is 16.7. The molecule has 17 heteroatoms. The van der Waals surface area contributed by atoms with Gasteiger partial charge in [-0.3, -0.25) is 29.1 Å². The van der Waals surface area contributed by atoms with Crippen LogP contribution in [0.15, 0.2) is 76.5 Å². The number of ketones is 1. The van der Waals surface area contributed by atoms with E-state index in [0.717, 1.165) is 52.0 Å². The highest BCUT2D eigenvalue weighted by Gasteiger charge is 2.51. The molecule has 1 spiro atoms. The van der Waals surface area contributed by atoms with Gasteiger partial charge in [0.1, 0.15) is 40.4 Å². The molecule has 5 bridgehead atoms. The molecule has 10 atom stereocenters. The van der Waals surface area contributed by atoms with E-state index in [1.807, 2.05) is 13.0 Å². The molecule has 0 aromatic heterocycles. The van der Waals surface area contributed by atoms with E-state index in [-0.39, 0.29) is 62.0 Å². The number of likely N-dealkylation sites (tertiary alicyclic amines) is 3. The molecule has 5 unspecified atom stereocenters. The number of fused-ring (bicyclic) bond motifs is 14. The van der Waals surface area contributed by atoms with Crippen molar-refractivity contribution in [3.05, 3.63) is 93.9 Å². The topological polar surface area (TPSA) is 223 Å². The van der Waals surface area contributed by atoms with Crippen molar-refractivity contribution in [3.8, 4) is 17.2 Å². The van der Waals surface area contributed by atoms with Gasteiger partial charge in [0, 0.05) is 99.4 Å². The number of aromatic hydroxyl groups is 2. The summed E-state index contributed by atoms with van der Waals surface area (Å²) in [7, 11) is 0. The number of nitrogens with zero attached hydrogens (tertiary/aromatic N) is 5. The summed E-state index contributed by atoms with van der Waals surface area (Å²) in [5.41, 5.74) is 1.14. The average molecular weight is 1070 g/mol. The third-order valence-corrected chi connectivity index (χ3v) is 17.5. The van der Waals surface area contributed by atoms with E-state index in [4.69, 9.17) is 19.2 Å². The van der Waals surface area contributed by atoms with Crippen LogP contribution in [0.5, 0.6) is 17.2 Å². The number of ether oxygens (including phenoxy) is 3. The van der Waals surface area contributed by atoms with Crippen LogP contribution in [0, 0.1) is 42.4 Å². The fraction of sp³-hybridized carbons (Fsp3) is 0.574. The Kier molecular flexibility index (Phi) is 16.6. The standard InChI is InChI=1S/C61H80N6O11/c1-34(2)31-65-27-23-61(24-28-65)63-49-46-47-54(72)40(8)57-48(46)58(74)60(9,78-57)76-29-15-18-36(4)56(39(7)53(71)38(6)52(70)35(3)16-13-17-37(5)59(75)62-51(55(47)73)50(49)64-61)77-45(69)30-44(68)67-26-22-43-42(33-67)21-14-25-66(43)32-41-19-11-10-12-20-41/h10-13,15-17,19-20,29,34-36,38-39,42-43,52-53,56,63,70-73H,14,18,21-28,30-33H2,1-9H3/b16-13+,29-15+,37-17-,62-51?/t35?,36-,38-,39-,42?,43?,52+,53?,56?,60+/m1/s1. The quantitative estimate of drug-likeness (QED) is 0.0913. The molecule has 17 nitrogen and oxygen atoms in total. The molecule has 5 N–H and O–H groups in total. The van der Waals surface area contributed by atoms with Gasteiger partial charge in [-0.25, -0.2) is 4.99 Å². The summed E-state index contributed by atoms with van der Waals surface area (Å²) in [5.74, 6) is -6.79. The second-order valence-electron chi connectivity index (χ2n) is 23.8. The molecule has 7 aliphatic rings. The summed E-state index contributed by atoms with van der Waals surface area (Å²) in [6, 6.07) is 10.8. The van der Waals surface area contributed by atoms with Crippen LogP contribution in [0.1, 0.15) is 122 Å². The van der Waals surface area contributed by atoms with Gasteiger partial charge in [-0.1, -0.05) is 90.1 Å². The van der Waals surface area contributed by atoms with Crippen molar-refractivity contribution in [2.45, 2.75) is 150 Å². The van der Waals surface area contributed by atoms with Gasteiger partial charge in [-0.2, -0.15) is 0 Å². The Labute approximate surface area is 457 Å². The van der Waals surface area contributed by atoms with E-state index in [0.29, 0.717) is 49.5 Å². The highest BCUT2D eigenvalue weighted by molar-refractivity contribution is 6.21. The van der Waals surface area contributed by atoms with Crippen molar-refractivity contribution in [1.29, 1.82) is 0 Å². The first-order chi connectivity index (χ1) is 37.1. The predicted octanol–water partition coefficient (Wildman–Crippen LogP) is 7.01. The van der Waals surface area contributed by atoms with Gasteiger partial charge in [0.15, 0.2) is 5.75 Å². The first-order valence-electron chi connectivity index (χ1n) is 28.2. The maximum Gasteiger partial charge on any atom is 0.315 e. The SMILES string of the molecule is C/C1=C/C=C/C(C)[C@H](O)[C@@H](C)C(O)[C@@H](C)C(OC(=O)CC(=O)N2CCC3C(CCCN3Cc3ccccc3)C2)[C@H](C)C/C=C/O[C@@]2(C)Oc3c(C)c(O)c4c(O)c(c5c(c4c3C2=O)NC2(CCN(CC(C)C)CC2)N=5)=NC1=O. The summed E-state index contributed by atoms with van der Waals surface area (Å²) < 4.78 is 18.8. The number of anilines is 1. The molecule has 10 rings (SSSR count). The molecule has 7 aliphatic heterocycles. The summed E-state index contributed by atoms with van der Waals surface area (Å²) in [4.78, 5) is 73.2. The molecule has 3 saturated heterocycles. The molecule has 78 heavy (non-hydrogen) atoms. The lowest BCUT2D eigenvalue weighted by molar-refractivity contribution is -0.163. The number of carbonyl (C=O) groups is 4. The number of rotatable bonds is 7. The van der Waals surface area contributed by atoms with Crippen LogP contribution in [0.2, 0.25) is 0 Å². The van der Waals surface area contributed by atoms with E-state index in [9.17, 15) is 39.6 Å². The number of phenolic OH excluding ortho intramolecular Hbond substituents is 2. The average Bonchev–Trinajstić information content (AvgIpc) is 4.10. The van der Waals surface area contributed by atoms with Crippen LogP contribution < -0.4 is 20.8 Å². The Balaban J connectivity index is 1.00. The van der Waals surface area contributed by atoms with Crippen LogP contribution in [-0.4, -0.2) is 134 Å². The largest absolute Gasteiger partial charge is 0.507 e. The Morgan fingerprint density at radius 1 is 0.923 bits per heavy atom. The number of carbonyl (C=O) groups excluding carboxylic acids is 4. The maximum absolute atomic E-state index is 14.9. The van der Waals surface area contributed by atoms with Crippen molar-refractivity contribution < 1.29 is 53.8 Å². The van der Waals surface area contributed by atoms with Crippen molar-refractivity contribution >= 4 is 40.0 Å². The number of Topliss-reactive ketones (excluding diaryl/α,β-unsaturated/α-hetero) is 1. The van der Waals surface area contributed by atoms with Gasteiger partial charge in [0.05, 0.1) is 35.1 Å². The lowest BCUT2D eigenvalue weighted by atomic mass is 9.79. The number of hydrogen-bond acceptors (Lipinski definition) is 15. The number of esters is 1. The molecule has 3 aromatic rings. The smallest absolute Gasteiger partial charge is 0.315 e. The van der Waals surface area contributed by atoms with E-state index >= 15 is 0 Å². The first-order valence-corrected chi connectivity index (χ1v) is 28.2. The van der Waals surface area contributed by atoms with Crippen LogP contribution >= 0.6 is 0 Å². The zero-order valence-corrected chi connectivity index (χ0v) is 46.8. The zero-order valence-electron chi connectivity index (χ0n) is 46.8. The van der Waals surface area contributed by atoms with Crippen LogP contribution in [0.4, 0.5) is 5.69 Å². The number of allylic oxidation sites excluding steroid dienone is 3. The van der Waals surface area contributed by atoms with Crippen LogP contribution in [0.3, 0.4) is 0 Å². The lowest BCUT2D eigenvalue weighted by Gasteiger charge is -2.47. The van der Waals surface area contributed by atoms with E-state index in [1.54, 1.807) is 63.8 Å². The third kappa shape index (κ3) is 11.2. The van der Waals surface area contributed by atoms with E-state index in [2.05, 4.69) is 58.2 Å². The number of amides is 2. The monoisotopic (exact) mass is 1070 g/mol. The van der Waals surface area contributed by atoms with Crippen molar-refractivity contribution in [1.82, 2.24) is 14.7 Å². The van der Waals surface area contributed by atoms with Crippen molar-refractivity contribution in [3.63, 3.8) is 0 Å². The third-order valence-electron chi connectivity index (χ3n) is 17.5. The predicted molar refractivity (Wildman–Crippen MR) is 295 cm³/mol. The van der Waals surface area contributed by atoms with Gasteiger partial charge in [0.25, 0.3) is 11.7 Å². The second kappa shape index (κ2) is 22.9. The van der Waals surface area contributed by atoms with Gasteiger partial charge < -0.3 is 49.8 Å². The van der Waals surface area contributed by atoms with E-state index < -0.39 is 83.3 Å². The second-order valence-corrected chi connectivity index (χ2v) is 23.8. The first kappa shape index (κ1) is 56.6. The number of benzene rings is 3. The van der Waals surface area contributed by atoms with Gasteiger partial charge in [-0.05, 0) is 75.5 Å². The summed E-state index contributed by atoms with van der Waals surface area (Å²) in [5, 5.41) is 51.6. The normalized spacial score (nSPS) is 31.3. The van der Waals surface area contributed by atoms with Crippen molar-refractivity contribution in [2.75, 3.05) is 44.6 Å². The maximum atomic E-state index is 14.9. The minimum atomic E-state index is -1.95. The van der Waals surface area contributed by atoms with Crippen LogP contribution in [0.25, 0.3) is 10.8 Å². The minimum Gasteiger partial charge on any atom is -0.507 e. The molecule has 7 heterocycles. The summed E-state index contributed by atoms with van der Waals surface area (Å²) in [6.45, 7) is 21.4. The number of piperidine rings is 3. The molecule has 0 radical (unpaired) electrons. The molecular weight excluding hydrogens is 993 g/mol. The molecule has 0 saturated carbocycles. The van der Waals surface area contributed by atoms with Gasteiger partial charge >= 0.3 is 11.8 Å². The summed E-state index contributed by atoms with van der Waals surface area (Å²) in [6.07, 6.45) is 8.48. The Bertz CT molecular complexity index is 3020. The lowest BCUT2D eigenvalue weighted by Crippen LogP contribution is -2.55. The number of aliphatic hydroxyl groups excluding tert-OH is 2. The highest BCUT2D eigenvalue weighted by Crippen LogP contribution is 2.51. The molecule has 3 fully saturated rings. The number of nitrogens with one attached hydrogen (secondary N) is 1. The van der Waals surface area contributed by atoms with Crippen molar-refractivity contribution in [2.24, 2.45) is 45.5 Å². The van der Waals surface area contributed by atoms with Gasteiger partial charge in [0.2, 0.25) is 5.91 Å². The Morgan fingerprint density at radius 2 is 1.65 bits per heavy atom. The fourth-order valence-corrected chi connectivity index (χ4v) is 13.0. The molecule has 2 amide bonds. The number of aliphatic hydroxyl groups is 2. The number of hydrogen-bond donors (Lipinski definition) is 5. The summed E-state index contributed by atoms with van der Waals surface area (Å²) >= 11 is 0. The molecule has 420 valence electrons. The van der Waals surface area contributed by atoms with Crippen LogP contribution in [-0.2, 0) is 30.4 Å². The molecule has 3 aromatic carbocycles.